The Bertz CT molecular complexity index is 983. The number of hydrazone groups is 1. The van der Waals surface area contributed by atoms with Gasteiger partial charge in [-0.3, -0.25) is 9.80 Å². The summed E-state index contributed by atoms with van der Waals surface area (Å²) in [6.45, 7) is -0.771. The fraction of sp³-hybridized carbons (Fsp3) is 0.417. The molecule has 3 rings (SSSR count). The molecule has 1 fully saturated rings. The number of likely N-dealkylation sites (N-methyl/N-ethyl adjacent to an activating group) is 1. The van der Waals surface area contributed by atoms with Crippen LogP contribution in [0.3, 0.4) is 0 Å². The Morgan fingerprint density at radius 1 is 1.30 bits per heavy atom. The van der Waals surface area contributed by atoms with Crippen LogP contribution < -0.4 is 5.32 Å². The number of nitrogens with one attached hydrogen (secondary N) is 2. The molecule has 2 aliphatic carbocycles. The van der Waals surface area contributed by atoms with E-state index in [2.05, 4.69) is 15.4 Å². The lowest BCUT2D eigenvalue weighted by Gasteiger charge is -2.25. The molecule has 0 unspecified atom stereocenters. The molecule has 1 saturated carbocycles. The molecule has 0 amide bonds. The number of nitrogens with zero attached hydrogens (tertiary/aromatic N) is 3. The third kappa shape index (κ3) is 6.34. The Balaban J connectivity index is 1.98. The van der Waals surface area contributed by atoms with Crippen LogP contribution in [0.4, 0.5) is 8.78 Å². The van der Waals surface area contributed by atoms with Gasteiger partial charge in [-0.1, -0.05) is 19.3 Å². The number of aldehydes is 1. The minimum Gasteiger partial charge on any atom is -0.472 e. The van der Waals surface area contributed by atoms with E-state index in [0.29, 0.717) is 28.3 Å². The minimum absolute atomic E-state index is 0.0338. The third-order valence-electron chi connectivity index (χ3n) is 5.62. The van der Waals surface area contributed by atoms with Crippen molar-refractivity contribution in [3.8, 4) is 0 Å². The quantitative estimate of drug-likeness (QED) is 0.342. The Labute approximate surface area is 192 Å². The molecule has 0 atom stereocenters. The fourth-order valence-electron chi connectivity index (χ4n) is 3.96. The molecule has 0 bridgehead atoms. The van der Waals surface area contributed by atoms with E-state index in [0.717, 1.165) is 44.1 Å². The van der Waals surface area contributed by atoms with Crippen LogP contribution in [0.2, 0.25) is 0 Å². The lowest BCUT2D eigenvalue weighted by molar-refractivity contribution is -0.105. The summed E-state index contributed by atoms with van der Waals surface area (Å²) in [5, 5.41) is 17.2. The first kappa shape index (κ1) is 24.3. The molecular formula is C24H29F2N5O2. The Hall–Kier alpha value is -3.36. The first-order valence-electron chi connectivity index (χ1n) is 11.0. The number of ether oxygens (including phenoxy) is 1. The second kappa shape index (κ2) is 11.5. The minimum atomic E-state index is -2.62. The normalized spacial score (nSPS) is 23.0. The van der Waals surface area contributed by atoms with Gasteiger partial charge in [0.15, 0.2) is 6.61 Å². The molecule has 0 aromatic carbocycles. The van der Waals surface area contributed by atoms with E-state index in [4.69, 9.17) is 10.1 Å². The first-order valence-corrected chi connectivity index (χ1v) is 11.0. The van der Waals surface area contributed by atoms with Gasteiger partial charge in [-0.25, -0.2) is 13.8 Å². The zero-order valence-electron chi connectivity index (χ0n) is 18.9. The molecule has 0 radical (unpaired) electrons. The van der Waals surface area contributed by atoms with Crippen molar-refractivity contribution in [2.24, 2.45) is 16.0 Å². The van der Waals surface area contributed by atoms with Crippen molar-refractivity contribution in [1.82, 2.24) is 10.3 Å². The van der Waals surface area contributed by atoms with Gasteiger partial charge in [0.05, 0.1) is 11.4 Å². The fourth-order valence-corrected chi connectivity index (χ4v) is 3.96. The largest absolute Gasteiger partial charge is 0.472 e. The van der Waals surface area contributed by atoms with E-state index < -0.39 is 13.0 Å². The van der Waals surface area contributed by atoms with Crippen LogP contribution in [-0.2, 0) is 9.53 Å². The maximum Gasteiger partial charge on any atom is 0.272 e. The first-order chi connectivity index (χ1) is 15.9. The Morgan fingerprint density at radius 2 is 2.06 bits per heavy atom. The number of aliphatic imine (C=N–C) groups is 1. The van der Waals surface area contributed by atoms with Gasteiger partial charge in [-0.15, -0.1) is 0 Å². The number of alkyl halides is 2. The van der Waals surface area contributed by atoms with Gasteiger partial charge in [-0.05, 0) is 43.1 Å². The van der Waals surface area contributed by atoms with E-state index in [1.807, 2.05) is 6.08 Å². The van der Waals surface area contributed by atoms with E-state index in [-0.39, 0.29) is 11.8 Å². The van der Waals surface area contributed by atoms with Gasteiger partial charge in [0.1, 0.15) is 17.7 Å². The maximum absolute atomic E-state index is 12.6. The van der Waals surface area contributed by atoms with Crippen molar-refractivity contribution in [1.29, 1.82) is 5.41 Å². The van der Waals surface area contributed by atoms with Crippen LogP contribution in [0, 0.1) is 11.3 Å². The SMILES string of the molecule is CN/C=C1/C=C(N(C)/N=C2/C=CC(OCC(F)F)=N/C2=C(/C=O)C2CCCCC2)C=CC1=N. The van der Waals surface area contributed by atoms with Crippen LogP contribution in [0.1, 0.15) is 32.1 Å². The van der Waals surface area contributed by atoms with Gasteiger partial charge in [0, 0.05) is 37.5 Å². The number of carbonyl (C=O) groups excluding carboxylic acids is 1. The number of halogens is 2. The summed E-state index contributed by atoms with van der Waals surface area (Å²) >= 11 is 0. The standard InChI is InChI=1S/C24H29F2N5O2/c1-28-13-17-12-18(8-9-20(17)27)31(2)30-21-10-11-23(33-15-22(25)26)29-24(21)19(14-32)16-6-4-3-5-7-16/h8-14,16,22,27-28H,3-7,15H2,1-2H3/b17-13-,24-19-,27-20?,30-21-. The lowest BCUT2D eigenvalue weighted by atomic mass is 9.82. The van der Waals surface area contributed by atoms with Crippen LogP contribution >= 0.6 is 0 Å². The second-order valence-electron chi connectivity index (χ2n) is 7.96. The molecule has 1 aliphatic heterocycles. The average Bonchev–Trinajstić information content (AvgIpc) is 2.81. The maximum atomic E-state index is 12.6. The highest BCUT2D eigenvalue weighted by Crippen LogP contribution is 2.32. The molecule has 1 heterocycles. The number of allylic oxidation sites excluding steroid dienone is 6. The average molecular weight is 458 g/mol. The summed E-state index contributed by atoms with van der Waals surface area (Å²) < 4.78 is 30.4. The smallest absolute Gasteiger partial charge is 0.272 e. The molecule has 0 aromatic rings. The molecule has 2 N–H and O–H groups in total. The van der Waals surface area contributed by atoms with Crippen LogP contribution in [0.25, 0.3) is 0 Å². The highest BCUT2D eigenvalue weighted by Gasteiger charge is 2.25. The summed E-state index contributed by atoms with van der Waals surface area (Å²) in [6.07, 6.45) is 13.2. The molecule has 3 aliphatic rings. The number of hydrogen-bond acceptors (Lipinski definition) is 7. The van der Waals surface area contributed by atoms with Gasteiger partial charge in [-0.2, -0.15) is 5.10 Å². The highest BCUT2D eigenvalue weighted by molar-refractivity contribution is 6.17. The molecule has 9 heteroatoms. The zero-order chi connectivity index (χ0) is 23.8. The molecule has 0 saturated heterocycles. The van der Waals surface area contributed by atoms with Gasteiger partial charge < -0.3 is 15.5 Å². The molecule has 0 aromatic heterocycles. The summed E-state index contributed by atoms with van der Waals surface area (Å²) in [5.41, 5.74) is 3.14. The van der Waals surface area contributed by atoms with E-state index in [1.165, 1.54) is 6.08 Å². The molecule has 7 nitrogen and oxygen atoms in total. The topological polar surface area (TPSA) is 90.1 Å². The summed E-state index contributed by atoms with van der Waals surface area (Å²) in [7, 11) is 3.52. The summed E-state index contributed by atoms with van der Waals surface area (Å²) in [5.74, 6) is 0.0827. The summed E-state index contributed by atoms with van der Waals surface area (Å²) in [6, 6.07) is 0. The number of dihydropyridines is 1. The second-order valence-corrected chi connectivity index (χ2v) is 7.96. The number of hydrogen-bond donors (Lipinski definition) is 2. The third-order valence-corrected chi connectivity index (χ3v) is 5.62. The summed E-state index contributed by atoms with van der Waals surface area (Å²) in [4.78, 5) is 16.5. The highest BCUT2D eigenvalue weighted by atomic mass is 19.3. The van der Waals surface area contributed by atoms with E-state index in [1.54, 1.807) is 43.5 Å². The molecule has 176 valence electrons. The predicted molar refractivity (Wildman–Crippen MR) is 125 cm³/mol. The van der Waals surface area contributed by atoms with Crippen LogP contribution in [0.5, 0.6) is 0 Å². The van der Waals surface area contributed by atoms with E-state index >= 15 is 0 Å². The van der Waals surface area contributed by atoms with Crippen molar-refractivity contribution in [2.45, 2.75) is 38.5 Å². The molecular weight excluding hydrogens is 428 g/mol. The monoisotopic (exact) mass is 457 g/mol. The van der Waals surface area contributed by atoms with Crippen molar-refractivity contribution in [2.75, 3.05) is 20.7 Å². The van der Waals surface area contributed by atoms with Crippen molar-refractivity contribution >= 4 is 23.6 Å². The zero-order valence-corrected chi connectivity index (χ0v) is 18.9. The Morgan fingerprint density at radius 3 is 2.73 bits per heavy atom. The van der Waals surface area contributed by atoms with Gasteiger partial charge in [0.2, 0.25) is 5.90 Å². The Kier molecular flexibility index (Phi) is 8.46. The predicted octanol–water partition coefficient (Wildman–Crippen LogP) is 4.13. The molecule has 33 heavy (non-hydrogen) atoms. The lowest BCUT2D eigenvalue weighted by Crippen LogP contribution is -2.22. The van der Waals surface area contributed by atoms with Crippen molar-refractivity contribution in [3.05, 3.63) is 59.1 Å². The van der Waals surface area contributed by atoms with Gasteiger partial charge >= 0.3 is 0 Å². The van der Waals surface area contributed by atoms with E-state index in [9.17, 15) is 13.6 Å². The van der Waals surface area contributed by atoms with Crippen LogP contribution in [0.15, 0.2) is 69.2 Å². The molecule has 0 spiro atoms. The van der Waals surface area contributed by atoms with Gasteiger partial charge in [0.25, 0.3) is 6.43 Å². The van der Waals surface area contributed by atoms with Crippen LogP contribution in [-0.4, -0.2) is 55.7 Å². The number of rotatable bonds is 7. The van der Waals surface area contributed by atoms with Crippen molar-refractivity contribution < 1.29 is 18.3 Å². The number of carbonyl (C=O) groups is 1. The van der Waals surface area contributed by atoms with Crippen molar-refractivity contribution in [3.63, 3.8) is 0 Å².